The normalized spacial score (nSPS) is 15.6. The van der Waals surface area contributed by atoms with Crippen molar-refractivity contribution in [3.8, 4) is 0 Å². The van der Waals surface area contributed by atoms with Crippen molar-refractivity contribution in [1.82, 2.24) is 9.88 Å². The predicted octanol–water partition coefficient (Wildman–Crippen LogP) is 3.03. The van der Waals surface area contributed by atoms with Crippen molar-refractivity contribution in [1.29, 1.82) is 0 Å². The van der Waals surface area contributed by atoms with Crippen molar-refractivity contribution >= 4 is 33.1 Å². The minimum absolute atomic E-state index is 0.199. The largest absolute Gasteiger partial charge is 0.376 e. The van der Waals surface area contributed by atoms with Gasteiger partial charge in [-0.15, -0.1) is 11.3 Å². The van der Waals surface area contributed by atoms with Gasteiger partial charge in [-0.05, 0) is 44.4 Å². The summed E-state index contributed by atoms with van der Waals surface area (Å²) < 4.78 is 1.16. The summed E-state index contributed by atoms with van der Waals surface area (Å²) in [6, 6.07) is 6.07. The summed E-state index contributed by atoms with van der Waals surface area (Å²) in [6.07, 6.45) is 3.52. The molecule has 1 aromatic carbocycles. The molecule has 0 saturated carbocycles. The van der Waals surface area contributed by atoms with Gasteiger partial charge < -0.3 is 10.2 Å². The third kappa shape index (κ3) is 2.93. The number of nitrogens with zero attached hydrogens (tertiary/aromatic N) is 2. The molecular weight excluding hydrogens is 270 g/mol. The molecule has 1 N–H and O–H groups in total. The van der Waals surface area contributed by atoms with Gasteiger partial charge in [0.15, 0.2) is 0 Å². The highest BCUT2D eigenvalue weighted by molar-refractivity contribution is 7.18. The number of benzene rings is 1. The number of carbonyl (C=O) groups excluding carboxylic acids is 1. The summed E-state index contributed by atoms with van der Waals surface area (Å²) in [5.74, 6) is 0.199. The van der Waals surface area contributed by atoms with Crippen LogP contribution in [0.25, 0.3) is 10.2 Å². The Morgan fingerprint density at radius 2 is 2.15 bits per heavy atom. The average Bonchev–Trinajstić information content (AvgIpc) is 2.85. The lowest BCUT2D eigenvalue weighted by atomic mass is 10.1. The first-order chi connectivity index (χ1) is 9.72. The lowest BCUT2D eigenvalue weighted by Gasteiger charge is -2.26. The number of hydrogen-bond acceptors (Lipinski definition) is 4. The molecule has 3 rings (SSSR count). The number of aryl methyl sites for hydroxylation is 1. The second-order valence-corrected chi connectivity index (χ2v) is 6.45. The molecule has 4 nitrogen and oxygen atoms in total. The van der Waals surface area contributed by atoms with Crippen LogP contribution in [-0.2, 0) is 4.79 Å². The Morgan fingerprint density at radius 1 is 1.35 bits per heavy atom. The van der Waals surface area contributed by atoms with E-state index in [1.165, 1.54) is 6.42 Å². The van der Waals surface area contributed by atoms with Crippen LogP contribution in [0, 0.1) is 6.92 Å². The smallest absolute Gasteiger partial charge is 0.241 e. The second-order valence-electron chi connectivity index (χ2n) is 5.21. The van der Waals surface area contributed by atoms with Gasteiger partial charge in [-0.1, -0.05) is 0 Å². The Morgan fingerprint density at radius 3 is 2.95 bits per heavy atom. The van der Waals surface area contributed by atoms with Crippen LogP contribution in [0.5, 0.6) is 0 Å². The van der Waals surface area contributed by atoms with Crippen LogP contribution in [0.4, 0.5) is 5.69 Å². The molecule has 2 heterocycles. The van der Waals surface area contributed by atoms with E-state index in [0.717, 1.165) is 46.8 Å². The maximum absolute atomic E-state index is 12.1. The Bertz CT molecular complexity index is 617. The lowest BCUT2D eigenvalue weighted by molar-refractivity contribution is -0.130. The number of anilines is 1. The third-order valence-electron chi connectivity index (χ3n) is 3.65. The van der Waals surface area contributed by atoms with Crippen LogP contribution in [0.15, 0.2) is 18.2 Å². The zero-order chi connectivity index (χ0) is 13.9. The van der Waals surface area contributed by atoms with Gasteiger partial charge in [-0.2, -0.15) is 0 Å². The fourth-order valence-electron chi connectivity index (χ4n) is 2.58. The van der Waals surface area contributed by atoms with E-state index in [0.29, 0.717) is 6.54 Å². The molecule has 1 aromatic heterocycles. The van der Waals surface area contributed by atoms with Gasteiger partial charge in [0.25, 0.3) is 0 Å². The number of fused-ring (bicyclic) bond motifs is 1. The summed E-state index contributed by atoms with van der Waals surface area (Å²) in [6.45, 7) is 4.21. The first kappa shape index (κ1) is 13.4. The summed E-state index contributed by atoms with van der Waals surface area (Å²) in [4.78, 5) is 18.5. The molecule has 5 heteroatoms. The van der Waals surface area contributed by atoms with E-state index in [2.05, 4.69) is 16.4 Å². The number of amides is 1. The Balaban J connectivity index is 1.62. The van der Waals surface area contributed by atoms with Crippen LogP contribution in [0.1, 0.15) is 24.3 Å². The molecule has 0 spiro atoms. The minimum atomic E-state index is 0.199. The van der Waals surface area contributed by atoms with E-state index in [-0.39, 0.29) is 5.91 Å². The highest BCUT2D eigenvalue weighted by Gasteiger charge is 2.15. The topological polar surface area (TPSA) is 45.2 Å². The second kappa shape index (κ2) is 5.79. The number of likely N-dealkylation sites (tertiary alicyclic amines) is 1. The molecule has 1 aliphatic rings. The molecule has 106 valence electrons. The zero-order valence-corrected chi connectivity index (χ0v) is 12.5. The molecule has 0 aliphatic carbocycles. The molecule has 20 heavy (non-hydrogen) atoms. The Labute approximate surface area is 122 Å². The molecule has 0 bridgehead atoms. The first-order valence-corrected chi connectivity index (χ1v) is 7.93. The summed E-state index contributed by atoms with van der Waals surface area (Å²) in [5, 5.41) is 4.30. The predicted molar refractivity (Wildman–Crippen MR) is 83.3 cm³/mol. The first-order valence-electron chi connectivity index (χ1n) is 7.11. The maximum Gasteiger partial charge on any atom is 0.241 e. The molecule has 0 radical (unpaired) electrons. The van der Waals surface area contributed by atoms with Gasteiger partial charge in [0.2, 0.25) is 5.91 Å². The minimum Gasteiger partial charge on any atom is -0.376 e. The number of aromatic nitrogens is 1. The zero-order valence-electron chi connectivity index (χ0n) is 11.7. The van der Waals surface area contributed by atoms with E-state index in [1.54, 1.807) is 11.3 Å². The van der Waals surface area contributed by atoms with Gasteiger partial charge >= 0.3 is 0 Å². The van der Waals surface area contributed by atoms with Crippen molar-refractivity contribution in [3.05, 3.63) is 23.2 Å². The fraction of sp³-hybridized carbons (Fsp3) is 0.467. The molecule has 0 unspecified atom stereocenters. The molecule has 1 amide bonds. The summed E-state index contributed by atoms with van der Waals surface area (Å²) >= 11 is 1.68. The van der Waals surface area contributed by atoms with Crippen LogP contribution in [0.3, 0.4) is 0 Å². The van der Waals surface area contributed by atoms with E-state index in [1.807, 2.05) is 24.0 Å². The third-order valence-corrected chi connectivity index (χ3v) is 4.58. The maximum atomic E-state index is 12.1. The van der Waals surface area contributed by atoms with Gasteiger partial charge in [0.05, 0.1) is 21.8 Å². The van der Waals surface area contributed by atoms with E-state index < -0.39 is 0 Å². The standard InChI is InChI=1S/C15H19N3OS/c1-11-17-13-6-5-12(9-14(13)20-11)16-10-15(19)18-7-3-2-4-8-18/h5-6,9,16H,2-4,7-8,10H2,1H3. The molecule has 0 atom stereocenters. The molecule has 1 fully saturated rings. The summed E-state index contributed by atoms with van der Waals surface area (Å²) in [5.41, 5.74) is 2.02. The van der Waals surface area contributed by atoms with Crippen molar-refractivity contribution < 1.29 is 4.79 Å². The molecule has 1 saturated heterocycles. The number of nitrogens with one attached hydrogen (secondary N) is 1. The van der Waals surface area contributed by atoms with Crippen LogP contribution < -0.4 is 5.32 Å². The quantitative estimate of drug-likeness (QED) is 0.944. The van der Waals surface area contributed by atoms with Gasteiger partial charge in [-0.3, -0.25) is 4.79 Å². The van der Waals surface area contributed by atoms with Crippen molar-refractivity contribution in [2.24, 2.45) is 0 Å². The van der Waals surface area contributed by atoms with Crippen LogP contribution in [0.2, 0.25) is 0 Å². The fourth-order valence-corrected chi connectivity index (χ4v) is 3.45. The van der Waals surface area contributed by atoms with Gasteiger partial charge in [0.1, 0.15) is 0 Å². The van der Waals surface area contributed by atoms with E-state index in [9.17, 15) is 4.79 Å². The van der Waals surface area contributed by atoms with Crippen molar-refractivity contribution in [2.75, 3.05) is 25.0 Å². The van der Waals surface area contributed by atoms with E-state index >= 15 is 0 Å². The van der Waals surface area contributed by atoms with Gasteiger partial charge in [-0.25, -0.2) is 4.98 Å². The Hall–Kier alpha value is -1.62. The number of piperidine rings is 1. The van der Waals surface area contributed by atoms with Crippen LogP contribution in [-0.4, -0.2) is 35.4 Å². The monoisotopic (exact) mass is 289 g/mol. The number of thiazole rings is 1. The summed E-state index contributed by atoms with van der Waals surface area (Å²) in [7, 11) is 0. The Kier molecular flexibility index (Phi) is 3.87. The van der Waals surface area contributed by atoms with Crippen molar-refractivity contribution in [3.63, 3.8) is 0 Å². The number of rotatable bonds is 3. The van der Waals surface area contributed by atoms with Gasteiger partial charge in [0, 0.05) is 18.8 Å². The highest BCUT2D eigenvalue weighted by atomic mass is 32.1. The molecule has 2 aromatic rings. The molecular formula is C15H19N3OS. The van der Waals surface area contributed by atoms with Crippen molar-refractivity contribution in [2.45, 2.75) is 26.2 Å². The van der Waals surface area contributed by atoms with E-state index in [4.69, 9.17) is 0 Å². The number of carbonyl (C=O) groups is 1. The lowest BCUT2D eigenvalue weighted by Crippen LogP contribution is -2.39. The highest BCUT2D eigenvalue weighted by Crippen LogP contribution is 2.24. The molecule has 1 aliphatic heterocycles. The number of hydrogen-bond donors (Lipinski definition) is 1. The average molecular weight is 289 g/mol. The SMILES string of the molecule is Cc1nc2ccc(NCC(=O)N3CCCCC3)cc2s1. The van der Waals surface area contributed by atoms with Crippen LogP contribution >= 0.6 is 11.3 Å².